The number of aryl methyl sites for hydroxylation is 4. The number of aromatic hydroxyl groups is 8. The van der Waals surface area contributed by atoms with Gasteiger partial charge in [-0.3, -0.25) is 0 Å². The van der Waals surface area contributed by atoms with E-state index in [1.807, 2.05) is 58.0 Å². The van der Waals surface area contributed by atoms with Crippen LogP contribution in [-0.4, -0.2) is 74.5 Å². The van der Waals surface area contributed by atoms with E-state index < -0.39 is 94.5 Å². The topological polar surface area (TPSA) is 250 Å². The van der Waals surface area contributed by atoms with Crippen LogP contribution in [0.4, 0.5) is 0 Å². The minimum atomic E-state index is -1.77. The predicted octanol–water partition coefficient (Wildman–Crippen LogP) is 6.86. The van der Waals surface area contributed by atoms with Gasteiger partial charge in [0.1, 0.15) is 58.6 Å². The van der Waals surface area contributed by atoms with Crippen LogP contribution in [0, 0.1) is 27.7 Å². The Morgan fingerprint density at radius 2 is 0.905 bits per heavy atom. The quantitative estimate of drug-likeness (QED) is 0.0794. The Balaban J connectivity index is 1.31. The van der Waals surface area contributed by atoms with Gasteiger partial charge < -0.3 is 70.4 Å². The first-order valence-electron chi connectivity index (χ1n) is 20.4. The second-order valence-electron chi connectivity index (χ2n) is 16.9. The van der Waals surface area contributed by atoms with Gasteiger partial charge in [-0.05, 0) is 97.0 Å². The molecule has 0 spiro atoms. The van der Waals surface area contributed by atoms with Gasteiger partial charge in [-0.15, -0.1) is 0 Å². The molecule has 0 saturated carbocycles. The molecule has 8 atom stereocenters. The fourth-order valence-electron chi connectivity index (χ4n) is 9.59. The van der Waals surface area contributed by atoms with E-state index in [0.717, 1.165) is 28.8 Å². The van der Waals surface area contributed by atoms with E-state index in [0.29, 0.717) is 22.4 Å². The van der Waals surface area contributed by atoms with Crippen molar-refractivity contribution in [2.45, 2.75) is 82.6 Å². The second kappa shape index (κ2) is 15.1. The molecule has 6 aromatic carbocycles. The third-order valence-electron chi connectivity index (χ3n) is 12.8. The highest BCUT2D eigenvalue weighted by Crippen LogP contribution is 2.61. The molecular weight excluding hydrogens is 813 g/mol. The number of benzene rings is 6. The van der Waals surface area contributed by atoms with Crippen LogP contribution < -0.4 is 14.2 Å². The van der Waals surface area contributed by atoms with Crippen molar-refractivity contribution in [1.82, 2.24) is 0 Å². The van der Waals surface area contributed by atoms with Crippen molar-refractivity contribution in [3.63, 3.8) is 0 Å². The number of phenols is 8. The molecule has 11 N–H and O–H groups in total. The Labute approximate surface area is 361 Å². The van der Waals surface area contributed by atoms with E-state index in [1.54, 1.807) is 0 Å². The number of aliphatic hydroxyl groups excluding tert-OH is 3. The Hall–Kier alpha value is -7.00. The van der Waals surface area contributed by atoms with Gasteiger partial charge in [0, 0.05) is 46.4 Å². The molecule has 0 amide bonds. The van der Waals surface area contributed by atoms with Gasteiger partial charge in [0.2, 0.25) is 0 Å². The Kier molecular flexibility index (Phi) is 9.92. The van der Waals surface area contributed by atoms with E-state index in [1.165, 1.54) is 36.4 Å². The van der Waals surface area contributed by atoms with Crippen LogP contribution >= 0.6 is 0 Å². The smallest absolute Gasteiger partial charge is 0.157 e. The van der Waals surface area contributed by atoms with Crippen LogP contribution in [0.1, 0.15) is 96.9 Å². The first-order valence-corrected chi connectivity index (χ1v) is 20.4. The number of rotatable bonds is 5. The number of ether oxygens (including phenoxy) is 3. The highest BCUT2D eigenvalue weighted by atomic mass is 16.5. The Bertz CT molecular complexity index is 2840. The molecule has 0 aliphatic carbocycles. The van der Waals surface area contributed by atoms with Gasteiger partial charge in [0.05, 0.1) is 17.9 Å². The zero-order valence-electron chi connectivity index (χ0n) is 34.5. The Morgan fingerprint density at radius 3 is 1.49 bits per heavy atom. The van der Waals surface area contributed by atoms with Crippen molar-refractivity contribution in [3.05, 3.63) is 146 Å². The van der Waals surface area contributed by atoms with E-state index in [4.69, 9.17) is 14.2 Å². The molecule has 14 nitrogen and oxygen atoms in total. The summed E-state index contributed by atoms with van der Waals surface area (Å²) in [4.78, 5) is 0. The summed E-state index contributed by atoms with van der Waals surface area (Å²) >= 11 is 0. The third kappa shape index (κ3) is 6.69. The maximum atomic E-state index is 12.6. The van der Waals surface area contributed by atoms with Gasteiger partial charge in [0.25, 0.3) is 0 Å². The Morgan fingerprint density at radius 1 is 0.413 bits per heavy atom. The SMILES string of the molecule is Cc1cc(C)c2c(c1)OC(c1ccc(C)c(C)c1)C(O)C2c1c(O)cc(O)c2c1OC(c1ccc(O)c(O)c1)C(O)C2c1c(O)cc(O)c2c1OC(c1ccc(O)c(O)c1)C(O)C2. The van der Waals surface area contributed by atoms with Crippen molar-refractivity contribution in [1.29, 1.82) is 0 Å². The number of phenolic OH excluding ortho intramolecular Hbond substituents is 8. The zero-order valence-corrected chi connectivity index (χ0v) is 34.5. The lowest BCUT2D eigenvalue weighted by Gasteiger charge is -2.43. The van der Waals surface area contributed by atoms with Gasteiger partial charge in [-0.2, -0.15) is 0 Å². The lowest BCUT2D eigenvalue weighted by molar-refractivity contribution is -0.00532. The van der Waals surface area contributed by atoms with Crippen LogP contribution in [0.15, 0.2) is 78.9 Å². The summed E-state index contributed by atoms with van der Waals surface area (Å²) in [5, 5.41) is 125. The molecule has 3 aliphatic rings. The van der Waals surface area contributed by atoms with Gasteiger partial charge >= 0.3 is 0 Å². The highest BCUT2D eigenvalue weighted by Gasteiger charge is 2.50. The molecule has 0 fully saturated rings. The first kappa shape index (κ1) is 41.4. The summed E-state index contributed by atoms with van der Waals surface area (Å²) in [6, 6.07) is 19.0. The van der Waals surface area contributed by atoms with Gasteiger partial charge in [-0.25, -0.2) is 0 Å². The summed E-state index contributed by atoms with van der Waals surface area (Å²) in [7, 11) is 0. The van der Waals surface area contributed by atoms with Crippen LogP contribution in [0.2, 0.25) is 0 Å². The van der Waals surface area contributed by atoms with Crippen molar-refractivity contribution in [2.75, 3.05) is 0 Å². The minimum absolute atomic E-state index is 0.00791. The number of hydrogen-bond donors (Lipinski definition) is 11. The molecule has 63 heavy (non-hydrogen) atoms. The van der Waals surface area contributed by atoms with Crippen molar-refractivity contribution in [3.8, 4) is 63.2 Å². The summed E-state index contributed by atoms with van der Waals surface area (Å²) in [5.74, 6) is -6.73. The normalized spacial score (nSPS) is 23.7. The number of hydrogen-bond acceptors (Lipinski definition) is 14. The van der Waals surface area contributed by atoms with E-state index in [2.05, 4.69) is 0 Å². The molecule has 3 aliphatic heterocycles. The van der Waals surface area contributed by atoms with Crippen LogP contribution in [0.3, 0.4) is 0 Å². The standard InChI is InChI=1S/C49H46O14/c1-19-11-22(4)37-36(12-19)61-46(23-6-5-20(2)21(3)13-23)43(59)41(37)39-33(56)18-34(57)40-42(44(60)47(63-49(39)40)25-8-10-28(51)31(54)15-25)38-32(55)17-29(52)26-16-35(58)45(62-48(26)38)24-7-9-27(50)30(53)14-24/h5-15,17-18,35,41-47,50-60H,16H2,1-4H3. The van der Waals surface area contributed by atoms with Crippen LogP contribution in [0.25, 0.3) is 0 Å². The lowest BCUT2D eigenvalue weighted by Crippen LogP contribution is -2.39. The van der Waals surface area contributed by atoms with Crippen LogP contribution in [-0.2, 0) is 6.42 Å². The number of aliphatic hydroxyl groups is 3. The lowest BCUT2D eigenvalue weighted by atomic mass is 9.73. The molecule has 0 aromatic heterocycles. The maximum absolute atomic E-state index is 12.6. The molecule has 0 saturated heterocycles. The van der Waals surface area contributed by atoms with E-state index >= 15 is 0 Å². The minimum Gasteiger partial charge on any atom is -0.507 e. The molecular formula is C49H46O14. The average Bonchev–Trinajstić information content (AvgIpc) is 3.22. The fraction of sp³-hybridized carbons (Fsp3) is 0.265. The van der Waals surface area contributed by atoms with E-state index in [9.17, 15) is 56.2 Å². The molecule has 14 heteroatoms. The van der Waals surface area contributed by atoms with E-state index in [-0.39, 0.29) is 51.3 Å². The van der Waals surface area contributed by atoms with Crippen molar-refractivity contribution in [2.24, 2.45) is 0 Å². The molecule has 8 unspecified atom stereocenters. The molecule has 0 radical (unpaired) electrons. The molecule has 9 rings (SSSR count). The summed E-state index contributed by atoms with van der Waals surface area (Å²) in [5.41, 5.74) is 4.72. The molecule has 326 valence electrons. The van der Waals surface area contributed by atoms with Gasteiger partial charge in [-0.1, -0.05) is 36.4 Å². The maximum Gasteiger partial charge on any atom is 0.157 e. The number of fused-ring (bicyclic) bond motifs is 3. The van der Waals surface area contributed by atoms with Crippen molar-refractivity contribution >= 4 is 0 Å². The summed E-state index contributed by atoms with van der Waals surface area (Å²) < 4.78 is 19.7. The highest BCUT2D eigenvalue weighted by molar-refractivity contribution is 5.70. The first-order chi connectivity index (χ1) is 29.9. The predicted molar refractivity (Wildman–Crippen MR) is 226 cm³/mol. The van der Waals surface area contributed by atoms with Crippen LogP contribution in [0.5, 0.6) is 63.2 Å². The molecule has 3 heterocycles. The molecule has 0 bridgehead atoms. The largest absolute Gasteiger partial charge is 0.507 e. The van der Waals surface area contributed by atoms with Gasteiger partial charge in [0.15, 0.2) is 35.2 Å². The fourth-order valence-corrected chi connectivity index (χ4v) is 9.59. The zero-order chi connectivity index (χ0) is 44.9. The summed E-state index contributed by atoms with van der Waals surface area (Å²) in [6.07, 6.45) is -8.47. The average molecular weight is 859 g/mol. The molecule has 6 aromatic rings. The monoisotopic (exact) mass is 858 g/mol. The summed E-state index contributed by atoms with van der Waals surface area (Å²) in [6.45, 7) is 7.63. The van der Waals surface area contributed by atoms with Crippen molar-refractivity contribution < 1.29 is 70.4 Å². The third-order valence-corrected chi connectivity index (χ3v) is 12.8. The second-order valence-corrected chi connectivity index (χ2v) is 16.9.